The lowest BCUT2D eigenvalue weighted by atomic mass is 9.66. The van der Waals surface area contributed by atoms with E-state index in [-0.39, 0.29) is 22.0 Å². The van der Waals surface area contributed by atoms with Crippen LogP contribution in [0, 0.1) is 0 Å². The maximum atomic E-state index is 6.39. The Labute approximate surface area is 765 Å². The fourth-order valence-electron chi connectivity index (χ4n) is 21.9. The Balaban J connectivity index is 0.000000119. The number of hydrogen-bond acceptors (Lipinski definition) is 6. The van der Waals surface area contributed by atoms with E-state index in [1.165, 1.54) is 122 Å². The van der Waals surface area contributed by atoms with Crippen molar-refractivity contribution in [3.05, 3.63) is 496 Å². The summed E-state index contributed by atoms with van der Waals surface area (Å²) in [5, 5.41) is 5.29. The van der Waals surface area contributed by atoms with Crippen LogP contribution in [0.5, 0.6) is 0 Å². The van der Waals surface area contributed by atoms with Crippen LogP contribution in [0.4, 0.5) is 34.1 Å². The van der Waals surface area contributed by atoms with Gasteiger partial charge in [-0.3, -0.25) is 0 Å². The van der Waals surface area contributed by atoms with Gasteiger partial charge in [0.25, 0.3) is 0 Å². The molecule has 1 fully saturated rings. The fourth-order valence-corrected chi connectivity index (χ4v) is 22.0. The Morgan fingerprint density at radius 3 is 0.900 bits per heavy atom. The quantitative estimate of drug-likeness (QED) is 0.114. The molecular weight excluding hydrogens is 1600 g/mol. The van der Waals surface area contributed by atoms with E-state index < -0.39 is 17.9 Å². The molecule has 0 bridgehead atoms. The third kappa shape index (κ3) is 12.7. The highest BCUT2D eigenvalue weighted by Gasteiger charge is 2.53. The molecule has 0 N–H and O–H groups in total. The maximum Gasteiger partial charge on any atom is 0.494 e. The lowest BCUT2D eigenvalue weighted by molar-refractivity contribution is 0.00578. The molecule has 5 aliphatic rings. The zero-order valence-corrected chi connectivity index (χ0v) is 74.7. The second-order valence-electron chi connectivity index (χ2n) is 37.3. The van der Waals surface area contributed by atoms with Gasteiger partial charge in [0, 0.05) is 71.5 Å². The van der Waals surface area contributed by atoms with Crippen LogP contribution in [0.15, 0.2) is 433 Å². The van der Waals surface area contributed by atoms with Gasteiger partial charge in [-0.15, -0.1) is 0 Å². The van der Waals surface area contributed by atoms with Crippen molar-refractivity contribution >= 4 is 102 Å². The lowest BCUT2D eigenvalue weighted by Gasteiger charge is -2.34. The first-order chi connectivity index (χ1) is 63.3. The molecule has 2 aromatic heterocycles. The molecule has 130 heavy (non-hydrogen) atoms. The Kier molecular flexibility index (Phi) is 19.0. The van der Waals surface area contributed by atoms with Gasteiger partial charge >= 0.3 is 7.12 Å². The molecule has 0 saturated carbocycles. The minimum atomic E-state index is -0.510. The van der Waals surface area contributed by atoms with Crippen molar-refractivity contribution in [1.29, 1.82) is 0 Å². The molecule has 626 valence electrons. The Morgan fingerprint density at radius 2 is 0.508 bits per heavy atom. The normalized spacial score (nSPS) is 15.3. The summed E-state index contributed by atoms with van der Waals surface area (Å²) in [4.78, 5) is 4.67. The highest BCUT2D eigenvalue weighted by Crippen LogP contribution is 2.60. The topological polar surface area (TPSA) is 51.2 Å². The van der Waals surface area contributed by atoms with Gasteiger partial charge in [0.2, 0.25) is 0 Å². The number of furan rings is 2. The van der Waals surface area contributed by atoms with Gasteiger partial charge in [-0.2, -0.15) is 0 Å². The molecule has 0 atom stereocenters. The van der Waals surface area contributed by atoms with Crippen molar-refractivity contribution in [3.63, 3.8) is 0 Å². The van der Waals surface area contributed by atoms with Gasteiger partial charge in [0.15, 0.2) is 0 Å². The zero-order chi connectivity index (χ0) is 88.0. The van der Waals surface area contributed by atoms with E-state index >= 15 is 0 Å². The lowest BCUT2D eigenvalue weighted by Crippen LogP contribution is -2.41. The first-order valence-corrected chi connectivity index (χ1v) is 45.6. The molecule has 3 heterocycles. The van der Waals surface area contributed by atoms with Crippen molar-refractivity contribution in [2.75, 3.05) is 9.80 Å². The number of nitrogens with zero attached hydrogens (tertiary/aromatic N) is 2. The minimum Gasteiger partial charge on any atom is -0.456 e. The number of rotatable bonds is 12. The van der Waals surface area contributed by atoms with Gasteiger partial charge in [0.1, 0.15) is 22.3 Å². The fraction of sp³-hybridized carbons (Fsp3) is 0.115. The van der Waals surface area contributed by atoms with E-state index in [0.29, 0.717) is 0 Å². The SMILES string of the molecule is CC1(C)OB(c2ccc(C3(c4ccc5oc6ccccc6c5c4)c4ccccc4-c4ccccc43)cc2)OC1(C)C.CC1(C)c2ccccc2-c2ccc(N(c3ccccc3)c3ccc(-c4ccc(C5(c6ccc7oc8ccccc8c7c6)c6ccccc6-c6ccccc65)cc4)cc3)cc21.CC1(C)c2ccccc2-c2ccc(N(c3ccccc3)c3ccc(Cl)cc3)cc21. The van der Waals surface area contributed by atoms with Crippen LogP contribution in [0.3, 0.4) is 0 Å². The van der Waals surface area contributed by atoms with Crippen LogP contribution < -0.4 is 15.3 Å². The number of fused-ring (bicyclic) bond motifs is 18. The summed E-state index contributed by atoms with van der Waals surface area (Å²) in [5.74, 6) is 0. The van der Waals surface area contributed by atoms with E-state index in [4.69, 9.17) is 29.7 Å². The van der Waals surface area contributed by atoms with Gasteiger partial charge < -0.3 is 27.9 Å². The highest BCUT2D eigenvalue weighted by atomic mass is 35.5. The molecule has 0 amide bonds. The van der Waals surface area contributed by atoms with Crippen LogP contribution in [0.1, 0.15) is 122 Å². The second kappa shape index (κ2) is 30.9. The number of para-hydroxylation sites is 4. The molecule has 18 aromatic carbocycles. The summed E-state index contributed by atoms with van der Waals surface area (Å²) in [6.07, 6.45) is 0. The summed E-state index contributed by atoms with van der Waals surface area (Å²) in [7, 11) is -0.401. The van der Waals surface area contributed by atoms with Crippen LogP contribution in [0.2, 0.25) is 5.02 Å². The summed E-state index contributed by atoms with van der Waals surface area (Å²) in [5.41, 5.74) is 38.0. The first kappa shape index (κ1) is 80.0. The predicted molar refractivity (Wildman–Crippen MR) is 539 cm³/mol. The maximum absolute atomic E-state index is 6.39. The van der Waals surface area contributed by atoms with E-state index in [1.807, 2.05) is 36.4 Å². The smallest absolute Gasteiger partial charge is 0.456 e. The van der Waals surface area contributed by atoms with Crippen LogP contribution in [0.25, 0.3) is 99.5 Å². The predicted octanol–water partition coefficient (Wildman–Crippen LogP) is 31.8. The van der Waals surface area contributed by atoms with E-state index in [0.717, 1.165) is 88.5 Å². The third-order valence-corrected chi connectivity index (χ3v) is 29.2. The summed E-state index contributed by atoms with van der Waals surface area (Å²) >= 11 is 6.16. The molecule has 25 rings (SSSR count). The van der Waals surface area contributed by atoms with Crippen molar-refractivity contribution in [3.8, 4) is 55.6 Å². The van der Waals surface area contributed by atoms with E-state index in [2.05, 4.69) is 453 Å². The van der Waals surface area contributed by atoms with E-state index in [1.54, 1.807) is 0 Å². The molecule has 20 aromatic rings. The molecule has 4 aliphatic carbocycles. The van der Waals surface area contributed by atoms with E-state index in [9.17, 15) is 0 Å². The highest BCUT2D eigenvalue weighted by molar-refractivity contribution is 6.62. The Morgan fingerprint density at radius 1 is 0.223 bits per heavy atom. The van der Waals surface area contributed by atoms with Gasteiger partial charge in [0.05, 0.1) is 22.0 Å². The number of anilines is 6. The number of hydrogen-bond donors (Lipinski definition) is 0. The summed E-state index contributed by atoms with van der Waals surface area (Å²) < 4.78 is 25.3. The standard InChI is InChI=1S/C58H41NO.C37H31BO3.C27H22ClN/c1-57(2)51-20-10-6-16-45(51)48-34-33-44(37-54(48)57)59(42-14-4-3-5-15-42)43-31-26-39(27-32-43)38-24-28-40(29-25-38)58(52-21-11-7-17-46(52)47-18-8-12-22-53(47)58)41-30-35-56-50(36-41)49-19-9-13-23-55(49)60-56;1-35(2)36(3,4)41-38(40-35)26-20-17-24(18-21-26)37(31-14-8-5-11-27(31)28-12-6-9-15-32(28)37)25-19-22-34-30(23-25)29-13-7-10-16-33(29)39-34;1-27(2)25-11-7-6-10-23(25)24-17-16-22(18-26(24)27)29(20-8-4-3-5-9-20)21-14-12-19(28)13-15-21/h3-37H,1-2H3;5-23H,1-4H3;3-18H,1-2H3. The largest absolute Gasteiger partial charge is 0.494 e. The Hall–Kier alpha value is -14.6. The van der Waals surface area contributed by atoms with Crippen LogP contribution in [-0.2, 0) is 31.0 Å². The molecule has 0 radical (unpaired) electrons. The van der Waals surface area contributed by atoms with Crippen molar-refractivity contribution in [2.45, 2.75) is 88.3 Å². The molecule has 1 aliphatic heterocycles. The molecule has 8 heteroatoms. The minimum absolute atomic E-state index is 0.0235. The average molecular weight is 1700 g/mol. The Bertz CT molecular complexity index is 7710. The van der Waals surface area contributed by atoms with Crippen LogP contribution in [-0.4, -0.2) is 18.3 Å². The second-order valence-corrected chi connectivity index (χ2v) is 37.7. The number of halogens is 1. The van der Waals surface area contributed by atoms with Crippen molar-refractivity contribution < 1.29 is 18.1 Å². The third-order valence-electron chi connectivity index (χ3n) is 28.9. The van der Waals surface area contributed by atoms with Gasteiger partial charge in [-0.25, -0.2) is 0 Å². The number of benzene rings is 18. The summed E-state index contributed by atoms with van der Waals surface area (Å²) in [6, 6.07) is 154. The monoisotopic (exact) mass is 1700 g/mol. The molecule has 6 nitrogen and oxygen atoms in total. The van der Waals surface area contributed by atoms with Gasteiger partial charge in [-0.05, 0) is 277 Å². The molecule has 0 unspecified atom stereocenters. The van der Waals surface area contributed by atoms with Gasteiger partial charge in [-0.1, -0.05) is 343 Å². The zero-order valence-electron chi connectivity index (χ0n) is 73.9. The van der Waals surface area contributed by atoms with Crippen molar-refractivity contribution in [2.24, 2.45) is 0 Å². The molecular formula is C122H94BClN2O4. The molecule has 0 spiro atoms. The first-order valence-electron chi connectivity index (χ1n) is 45.2. The summed E-state index contributed by atoms with van der Waals surface area (Å²) in [6.45, 7) is 17.7. The molecule has 1 saturated heterocycles. The van der Waals surface area contributed by atoms with Crippen molar-refractivity contribution in [1.82, 2.24) is 0 Å². The van der Waals surface area contributed by atoms with Crippen LogP contribution >= 0.6 is 11.6 Å². The average Bonchev–Trinajstić information content (AvgIpc) is 1.53.